The minimum Gasteiger partial charge on any atom is -0.548 e. The molecule has 4 aromatic rings. The molecule has 1 N–H and O–H groups in total. The van der Waals surface area contributed by atoms with E-state index in [0.717, 1.165) is 46.5 Å². The number of fused-ring (bicyclic) bond motifs is 1. The summed E-state index contributed by atoms with van der Waals surface area (Å²) in [5.41, 5.74) is 6.92. The van der Waals surface area contributed by atoms with Crippen molar-refractivity contribution in [2.45, 2.75) is 69.9 Å². The lowest BCUT2D eigenvalue weighted by atomic mass is 9.93. The van der Waals surface area contributed by atoms with Crippen molar-refractivity contribution in [3.8, 4) is 16.9 Å². The number of benzene rings is 3. The van der Waals surface area contributed by atoms with E-state index >= 15 is 0 Å². The molecule has 0 aliphatic carbocycles. The van der Waals surface area contributed by atoms with Crippen LogP contribution in [0.2, 0.25) is 0 Å². The van der Waals surface area contributed by atoms with Crippen LogP contribution >= 0.6 is 0 Å². The molecule has 1 atom stereocenters. The second-order valence-electron chi connectivity index (χ2n) is 14.3. The van der Waals surface area contributed by atoms with Crippen molar-refractivity contribution >= 4 is 27.6 Å². The normalized spacial score (nSPS) is 13.9. The van der Waals surface area contributed by atoms with Crippen molar-refractivity contribution in [3.63, 3.8) is 0 Å². The molecule has 0 spiro atoms. The number of rotatable bonds is 16. The predicted octanol–water partition coefficient (Wildman–Crippen LogP) is 4.24. The van der Waals surface area contributed by atoms with E-state index in [2.05, 4.69) is 22.8 Å². The lowest BCUT2D eigenvalue weighted by Gasteiger charge is -2.31. The summed E-state index contributed by atoms with van der Waals surface area (Å²) < 4.78 is 37.1. The number of quaternary nitrogens is 1. The molecule has 1 aliphatic rings. The van der Waals surface area contributed by atoms with Crippen molar-refractivity contribution in [1.29, 1.82) is 0 Å². The smallest absolute Gasteiger partial charge is 0.241 e. The number of aryl methyl sites for hydroxylation is 1. The third-order valence-corrected chi connectivity index (χ3v) is 10.8. The quantitative estimate of drug-likeness (QED) is 0.136. The van der Waals surface area contributed by atoms with Crippen LogP contribution in [0.15, 0.2) is 78.0 Å². The largest absolute Gasteiger partial charge is 0.548 e. The molecular weight excluding hydrogens is 667 g/mol. The van der Waals surface area contributed by atoms with Crippen molar-refractivity contribution in [2.24, 2.45) is 0 Å². The molecule has 51 heavy (non-hydrogen) atoms. The van der Waals surface area contributed by atoms with Crippen molar-refractivity contribution < 1.29 is 32.3 Å². The average molecular weight is 716 g/mol. The van der Waals surface area contributed by atoms with Gasteiger partial charge in [-0.3, -0.25) is 9.48 Å². The third-order valence-electron chi connectivity index (χ3n) is 9.30. The van der Waals surface area contributed by atoms with Gasteiger partial charge in [0.1, 0.15) is 5.75 Å². The Labute approximate surface area is 301 Å². The first-order valence-electron chi connectivity index (χ1n) is 17.5. The van der Waals surface area contributed by atoms with Crippen molar-refractivity contribution in [3.05, 3.63) is 95.3 Å². The Morgan fingerprint density at radius 1 is 1.04 bits per heavy atom. The van der Waals surface area contributed by atoms with Gasteiger partial charge in [-0.15, -0.1) is 0 Å². The van der Waals surface area contributed by atoms with Gasteiger partial charge < -0.3 is 24.0 Å². The number of sulfonamides is 1. The number of carboxylic acids is 1. The maximum Gasteiger partial charge on any atom is 0.241 e. The molecule has 272 valence electrons. The van der Waals surface area contributed by atoms with Crippen LogP contribution in [0.4, 0.5) is 5.69 Å². The van der Waals surface area contributed by atoms with Gasteiger partial charge in [0.05, 0.1) is 63.9 Å². The molecule has 0 fully saturated rings. The lowest BCUT2D eigenvalue weighted by Crippen LogP contribution is -2.48. The summed E-state index contributed by atoms with van der Waals surface area (Å²) in [5.74, 6) is -0.517. The van der Waals surface area contributed by atoms with E-state index in [1.54, 1.807) is 23.0 Å². The molecule has 5 rings (SSSR count). The molecule has 1 aromatic heterocycles. The molecule has 2 heterocycles. The summed E-state index contributed by atoms with van der Waals surface area (Å²) in [6.07, 6.45) is 7.06. The SMILES string of the molecule is Cc1cccc(OCCCC(=O)N2CCCc3c(-c4cnn(Cc5cccc(S(=O)(=O)N[C@@H](CCC[N+](C)(C)C)C(=O)[O-])c5)c4)cccc32)c1C. The number of anilines is 1. The minimum absolute atomic E-state index is 0.0241. The highest BCUT2D eigenvalue weighted by Gasteiger charge is 2.25. The molecule has 1 amide bonds. The van der Waals surface area contributed by atoms with E-state index in [0.29, 0.717) is 55.6 Å². The number of carbonyl (C=O) groups is 2. The molecule has 11 nitrogen and oxygen atoms in total. The second kappa shape index (κ2) is 16.2. The molecule has 0 saturated heterocycles. The Balaban J connectivity index is 1.23. The molecule has 3 aromatic carbocycles. The van der Waals surface area contributed by atoms with Gasteiger partial charge in [0.2, 0.25) is 15.9 Å². The van der Waals surface area contributed by atoms with Crippen LogP contribution < -0.4 is 19.5 Å². The molecule has 12 heteroatoms. The van der Waals surface area contributed by atoms with Gasteiger partial charge >= 0.3 is 0 Å². The highest BCUT2D eigenvalue weighted by atomic mass is 32.2. The van der Waals surface area contributed by atoms with Gasteiger partial charge in [-0.1, -0.05) is 36.4 Å². The van der Waals surface area contributed by atoms with E-state index in [-0.39, 0.29) is 17.2 Å². The number of hydrogen-bond acceptors (Lipinski definition) is 7. The monoisotopic (exact) mass is 715 g/mol. The molecule has 0 bridgehead atoms. The van der Waals surface area contributed by atoms with Crippen molar-refractivity contribution in [2.75, 3.05) is 45.7 Å². The predicted molar refractivity (Wildman–Crippen MR) is 196 cm³/mol. The number of carbonyl (C=O) groups excluding carboxylic acids is 2. The Kier molecular flexibility index (Phi) is 12.0. The van der Waals surface area contributed by atoms with Crippen LogP contribution in [-0.4, -0.2) is 81.4 Å². The fourth-order valence-corrected chi connectivity index (χ4v) is 7.70. The molecule has 0 unspecified atom stereocenters. The fourth-order valence-electron chi connectivity index (χ4n) is 6.41. The molecule has 0 saturated carbocycles. The van der Waals surface area contributed by atoms with Crippen LogP contribution in [-0.2, 0) is 32.6 Å². The zero-order valence-electron chi connectivity index (χ0n) is 30.2. The minimum atomic E-state index is -4.11. The van der Waals surface area contributed by atoms with Gasteiger partial charge in [0.25, 0.3) is 0 Å². The topological polar surface area (TPSA) is 134 Å². The molecular formula is C39H49N5O6S. The number of hydrogen-bond donors (Lipinski definition) is 1. The summed E-state index contributed by atoms with van der Waals surface area (Å²) in [5, 5.41) is 16.3. The zero-order valence-corrected chi connectivity index (χ0v) is 31.0. The number of nitrogens with one attached hydrogen (secondary N) is 1. The first-order chi connectivity index (χ1) is 24.2. The van der Waals surface area contributed by atoms with Gasteiger partial charge in [-0.25, -0.2) is 13.1 Å². The van der Waals surface area contributed by atoms with Crippen molar-refractivity contribution in [1.82, 2.24) is 14.5 Å². The standard InChI is InChI=1S/C39H49N5O6S/c1-28-12-6-19-37(29(28)2)50-23-11-20-38(45)43-21-9-16-34-33(15-8-18-36(34)43)31-25-40-42(27-31)26-30-13-7-14-32(24-30)51(48,49)41-35(39(46)47)17-10-22-44(3,4)5/h6-8,12-15,18-19,24-25,27,35,41H,9-11,16-17,20-23,26H2,1-5H3/t35-/m0/s1. The first kappa shape index (κ1) is 37.7. The van der Waals surface area contributed by atoms with Crippen LogP contribution in [0, 0.1) is 13.8 Å². The summed E-state index contributed by atoms with van der Waals surface area (Å²) in [6, 6.07) is 17.1. The second-order valence-corrected chi connectivity index (χ2v) is 16.0. The summed E-state index contributed by atoms with van der Waals surface area (Å²) in [6.45, 7) is 6.24. The zero-order chi connectivity index (χ0) is 36.8. The van der Waals surface area contributed by atoms with Crippen LogP contribution in [0.3, 0.4) is 0 Å². The number of nitrogens with zero attached hydrogens (tertiary/aromatic N) is 4. The number of carboxylic acid groups (broad SMARTS) is 1. The van der Waals surface area contributed by atoms with Crippen LogP contribution in [0.5, 0.6) is 5.75 Å². The highest BCUT2D eigenvalue weighted by Crippen LogP contribution is 2.36. The summed E-state index contributed by atoms with van der Waals surface area (Å²) in [7, 11) is 1.86. The van der Waals surface area contributed by atoms with Gasteiger partial charge in [0.15, 0.2) is 0 Å². The van der Waals surface area contributed by atoms with E-state index < -0.39 is 22.0 Å². The Bertz CT molecular complexity index is 1970. The maximum atomic E-state index is 13.4. The summed E-state index contributed by atoms with van der Waals surface area (Å²) >= 11 is 0. The van der Waals surface area contributed by atoms with E-state index in [4.69, 9.17) is 4.74 Å². The van der Waals surface area contributed by atoms with E-state index in [1.807, 2.05) is 69.5 Å². The fraction of sp³-hybridized carbons (Fsp3) is 0.410. The van der Waals surface area contributed by atoms with Gasteiger partial charge in [-0.05, 0) is 98.0 Å². The van der Waals surface area contributed by atoms with E-state index in [1.165, 1.54) is 17.7 Å². The van der Waals surface area contributed by atoms with Gasteiger partial charge in [0, 0.05) is 30.4 Å². The Morgan fingerprint density at radius 3 is 2.57 bits per heavy atom. The van der Waals surface area contributed by atoms with Crippen LogP contribution in [0.1, 0.15) is 54.4 Å². The molecule has 1 aliphatic heterocycles. The highest BCUT2D eigenvalue weighted by molar-refractivity contribution is 7.89. The van der Waals surface area contributed by atoms with Crippen LogP contribution in [0.25, 0.3) is 11.1 Å². The maximum absolute atomic E-state index is 13.4. The number of ether oxygens (including phenoxy) is 1. The van der Waals surface area contributed by atoms with E-state index in [9.17, 15) is 23.1 Å². The number of amides is 1. The third kappa shape index (κ3) is 9.84. The summed E-state index contributed by atoms with van der Waals surface area (Å²) in [4.78, 5) is 27.0. The van der Waals surface area contributed by atoms with Gasteiger partial charge in [-0.2, -0.15) is 5.10 Å². The Hall–Kier alpha value is -4.52. The lowest BCUT2D eigenvalue weighted by molar-refractivity contribution is -0.870. The Morgan fingerprint density at radius 2 is 1.80 bits per heavy atom. The number of aliphatic carboxylic acids is 1. The first-order valence-corrected chi connectivity index (χ1v) is 19.0. The molecule has 0 radical (unpaired) electrons. The number of aromatic nitrogens is 2. The average Bonchev–Trinajstić information content (AvgIpc) is 3.55.